The molecule has 0 spiro atoms. The summed E-state index contributed by atoms with van der Waals surface area (Å²) in [6.45, 7) is 4.55. The summed E-state index contributed by atoms with van der Waals surface area (Å²) in [5.41, 5.74) is 0.305. The van der Waals surface area contributed by atoms with Gasteiger partial charge >= 0.3 is 0 Å². The molecular weight excluding hydrogens is 172 g/mol. The van der Waals surface area contributed by atoms with Gasteiger partial charge in [0.05, 0.1) is 0 Å². The Kier molecular flexibility index (Phi) is 2.50. The Morgan fingerprint density at radius 1 is 1.36 bits per heavy atom. The van der Waals surface area contributed by atoms with Crippen molar-refractivity contribution in [3.8, 4) is 0 Å². The molecule has 0 amide bonds. The van der Waals surface area contributed by atoms with Gasteiger partial charge in [-0.25, -0.2) is 0 Å². The Bertz CT molecular complexity index is 248. The van der Waals surface area contributed by atoms with Crippen molar-refractivity contribution in [2.24, 2.45) is 23.2 Å². The van der Waals surface area contributed by atoms with Crippen LogP contribution in [0.2, 0.25) is 0 Å². The smallest absolute Gasteiger partial charge is 0.127 e. The highest BCUT2D eigenvalue weighted by atomic mass is 16.1. The molecular formula is C13H20O. The molecule has 1 heteroatoms. The third-order valence-corrected chi connectivity index (χ3v) is 3.94. The summed E-state index contributed by atoms with van der Waals surface area (Å²) in [5, 5.41) is 0. The summed E-state index contributed by atoms with van der Waals surface area (Å²) < 4.78 is 0. The molecule has 2 rings (SSSR count). The zero-order chi connectivity index (χ0) is 10.2. The average molecular weight is 192 g/mol. The summed E-state index contributed by atoms with van der Waals surface area (Å²) in [7, 11) is 0. The maximum absolute atomic E-state index is 11.0. The first-order chi connectivity index (χ1) is 6.62. The van der Waals surface area contributed by atoms with E-state index in [0.29, 0.717) is 11.3 Å². The van der Waals surface area contributed by atoms with Gasteiger partial charge < -0.3 is 4.79 Å². The lowest BCUT2D eigenvalue weighted by atomic mass is 9.62. The molecule has 2 aliphatic rings. The van der Waals surface area contributed by atoms with Gasteiger partial charge in [0.25, 0.3) is 0 Å². The third kappa shape index (κ3) is 1.77. The summed E-state index contributed by atoms with van der Waals surface area (Å²) in [4.78, 5) is 11.0. The normalized spacial score (nSPS) is 36.4. The fourth-order valence-corrected chi connectivity index (χ4v) is 2.82. The second kappa shape index (κ2) is 3.52. The fourth-order valence-electron chi connectivity index (χ4n) is 2.82. The number of rotatable bonds is 2. The number of allylic oxidation sites excluding steroid dienone is 2. The Balaban J connectivity index is 2.12. The minimum Gasteiger partial charge on any atom is -0.303 e. The van der Waals surface area contributed by atoms with Crippen molar-refractivity contribution < 1.29 is 4.79 Å². The molecule has 0 radical (unpaired) electrons. The number of carbonyl (C=O) groups excluding carboxylic acids is 1. The SMILES string of the molecule is CC1(C)C=CC(C=O)C(C2CCC2)C1. The molecule has 2 unspecified atom stereocenters. The molecule has 2 atom stereocenters. The molecule has 0 aliphatic heterocycles. The van der Waals surface area contributed by atoms with E-state index in [1.165, 1.54) is 25.7 Å². The van der Waals surface area contributed by atoms with E-state index < -0.39 is 0 Å². The highest BCUT2D eigenvalue weighted by molar-refractivity contribution is 5.58. The van der Waals surface area contributed by atoms with Crippen molar-refractivity contribution in [3.05, 3.63) is 12.2 Å². The second-order valence-electron chi connectivity index (χ2n) is 5.62. The van der Waals surface area contributed by atoms with Crippen molar-refractivity contribution in [3.63, 3.8) is 0 Å². The summed E-state index contributed by atoms with van der Waals surface area (Å²) in [6, 6.07) is 0. The van der Waals surface area contributed by atoms with Crippen LogP contribution in [0.1, 0.15) is 39.5 Å². The van der Waals surface area contributed by atoms with Crippen LogP contribution in [0.5, 0.6) is 0 Å². The highest BCUT2D eigenvalue weighted by Gasteiger charge is 2.37. The predicted molar refractivity (Wildman–Crippen MR) is 57.9 cm³/mol. The second-order valence-corrected chi connectivity index (χ2v) is 5.62. The van der Waals surface area contributed by atoms with Crippen LogP contribution in [-0.4, -0.2) is 6.29 Å². The van der Waals surface area contributed by atoms with Gasteiger partial charge in [0, 0.05) is 5.92 Å². The highest BCUT2D eigenvalue weighted by Crippen LogP contribution is 2.46. The van der Waals surface area contributed by atoms with E-state index in [1.807, 2.05) is 0 Å². The topological polar surface area (TPSA) is 17.1 Å². The molecule has 14 heavy (non-hydrogen) atoms. The van der Waals surface area contributed by atoms with Crippen molar-refractivity contribution in [1.29, 1.82) is 0 Å². The summed E-state index contributed by atoms with van der Waals surface area (Å²) in [6.07, 6.45) is 10.8. The predicted octanol–water partition coefficient (Wildman–Crippen LogP) is 3.20. The molecule has 2 aliphatic carbocycles. The van der Waals surface area contributed by atoms with Crippen LogP contribution >= 0.6 is 0 Å². The number of carbonyl (C=O) groups is 1. The van der Waals surface area contributed by atoms with E-state index in [9.17, 15) is 4.79 Å². The van der Waals surface area contributed by atoms with E-state index in [4.69, 9.17) is 0 Å². The summed E-state index contributed by atoms with van der Waals surface area (Å²) in [5.74, 6) is 1.66. The largest absolute Gasteiger partial charge is 0.303 e. The van der Waals surface area contributed by atoms with Gasteiger partial charge in [0.15, 0.2) is 0 Å². The minimum absolute atomic E-state index is 0.202. The molecule has 0 aromatic heterocycles. The van der Waals surface area contributed by atoms with Crippen molar-refractivity contribution >= 4 is 6.29 Å². The van der Waals surface area contributed by atoms with Gasteiger partial charge in [0.1, 0.15) is 6.29 Å². The summed E-state index contributed by atoms with van der Waals surface area (Å²) >= 11 is 0. The van der Waals surface area contributed by atoms with Gasteiger partial charge in [0.2, 0.25) is 0 Å². The zero-order valence-electron chi connectivity index (χ0n) is 9.20. The van der Waals surface area contributed by atoms with Crippen molar-refractivity contribution in [2.75, 3.05) is 0 Å². The molecule has 1 fully saturated rings. The molecule has 78 valence electrons. The van der Waals surface area contributed by atoms with Crippen molar-refractivity contribution in [1.82, 2.24) is 0 Å². The first-order valence-corrected chi connectivity index (χ1v) is 5.77. The van der Waals surface area contributed by atoms with Crippen LogP contribution in [0.3, 0.4) is 0 Å². The number of hydrogen-bond acceptors (Lipinski definition) is 1. The fraction of sp³-hybridized carbons (Fsp3) is 0.769. The molecule has 0 N–H and O–H groups in total. The number of hydrogen-bond donors (Lipinski definition) is 0. The standard InChI is InChI=1S/C13H20O/c1-13(2)7-6-11(9-14)12(8-13)10-4-3-5-10/h6-7,9-12H,3-5,8H2,1-2H3. The molecule has 0 bridgehead atoms. The van der Waals surface area contributed by atoms with E-state index >= 15 is 0 Å². The Labute approximate surface area is 86.6 Å². The monoisotopic (exact) mass is 192 g/mol. The minimum atomic E-state index is 0.202. The van der Waals surface area contributed by atoms with Crippen LogP contribution in [0, 0.1) is 23.2 Å². The quantitative estimate of drug-likeness (QED) is 0.485. The van der Waals surface area contributed by atoms with Crippen LogP contribution in [0.25, 0.3) is 0 Å². The van der Waals surface area contributed by atoms with E-state index in [0.717, 1.165) is 12.2 Å². The Morgan fingerprint density at radius 2 is 2.07 bits per heavy atom. The number of aldehydes is 1. The van der Waals surface area contributed by atoms with Gasteiger partial charge in [-0.15, -0.1) is 0 Å². The lowest BCUT2D eigenvalue weighted by Gasteiger charge is -2.42. The molecule has 0 aromatic carbocycles. The molecule has 1 saturated carbocycles. The molecule has 0 heterocycles. The van der Waals surface area contributed by atoms with E-state index in [2.05, 4.69) is 26.0 Å². The van der Waals surface area contributed by atoms with Crippen LogP contribution in [-0.2, 0) is 4.79 Å². The molecule has 0 saturated heterocycles. The first-order valence-electron chi connectivity index (χ1n) is 5.77. The van der Waals surface area contributed by atoms with Crippen LogP contribution in [0.4, 0.5) is 0 Å². The Hall–Kier alpha value is -0.590. The zero-order valence-corrected chi connectivity index (χ0v) is 9.20. The van der Waals surface area contributed by atoms with Gasteiger partial charge in [-0.05, 0) is 23.7 Å². The Morgan fingerprint density at radius 3 is 2.57 bits per heavy atom. The van der Waals surface area contributed by atoms with E-state index in [1.54, 1.807) is 0 Å². The average Bonchev–Trinajstić information content (AvgIpc) is 2.00. The third-order valence-electron chi connectivity index (χ3n) is 3.94. The maximum Gasteiger partial charge on any atom is 0.127 e. The van der Waals surface area contributed by atoms with Crippen LogP contribution in [0.15, 0.2) is 12.2 Å². The van der Waals surface area contributed by atoms with Crippen LogP contribution < -0.4 is 0 Å². The van der Waals surface area contributed by atoms with Crippen molar-refractivity contribution in [2.45, 2.75) is 39.5 Å². The lowest BCUT2D eigenvalue weighted by molar-refractivity contribution is -0.112. The maximum atomic E-state index is 11.0. The van der Waals surface area contributed by atoms with Gasteiger partial charge in [-0.2, -0.15) is 0 Å². The first kappa shape index (κ1) is 9.95. The van der Waals surface area contributed by atoms with E-state index in [-0.39, 0.29) is 5.92 Å². The lowest BCUT2D eigenvalue weighted by Crippen LogP contribution is -2.34. The van der Waals surface area contributed by atoms with Gasteiger partial charge in [-0.1, -0.05) is 45.3 Å². The van der Waals surface area contributed by atoms with Gasteiger partial charge in [-0.3, -0.25) is 0 Å². The molecule has 0 aromatic rings. The molecule has 1 nitrogen and oxygen atoms in total.